The molecule has 0 heterocycles. The Kier molecular flexibility index (Phi) is 16.0. The molecule has 0 spiro atoms. The van der Waals surface area contributed by atoms with Crippen LogP contribution in [0, 0.1) is 51.8 Å². The van der Waals surface area contributed by atoms with Crippen LogP contribution < -0.4 is 0 Å². The first-order chi connectivity index (χ1) is 23.8. The number of carbonyl (C=O) groups excluding carboxylic acids is 3. The molecule has 4 bridgehead atoms. The molecule has 51 heavy (non-hydrogen) atoms. The van der Waals surface area contributed by atoms with E-state index < -0.39 is 0 Å². The number of hydrogen-bond donors (Lipinski definition) is 0. The Balaban J connectivity index is 0.000000208. The van der Waals surface area contributed by atoms with Gasteiger partial charge in [0, 0.05) is 0 Å². The fraction of sp³-hybridized carbons (Fsp3) is 0.933. The molecule has 0 aliphatic heterocycles. The molecule has 0 amide bonds. The average Bonchev–Trinajstić information content (AvgIpc) is 3.33. The Bertz CT molecular complexity index is 1070. The largest absolute Gasteiger partial charge is 0.462 e. The number of esters is 3. The smallest absolute Gasteiger partial charge is 0.312 e. The van der Waals surface area contributed by atoms with Crippen molar-refractivity contribution in [2.24, 2.45) is 51.8 Å². The third-order valence-corrected chi connectivity index (χ3v) is 13.9. The maximum atomic E-state index is 12.4. The van der Waals surface area contributed by atoms with Gasteiger partial charge in [-0.15, -0.1) is 0 Å². The summed E-state index contributed by atoms with van der Waals surface area (Å²) in [6, 6.07) is 0. The lowest BCUT2D eigenvalue weighted by Gasteiger charge is -2.56. The Labute approximate surface area is 314 Å². The molecule has 6 fully saturated rings. The van der Waals surface area contributed by atoms with Crippen LogP contribution >= 0.6 is 0 Å². The average molecular weight is 717 g/mol. The minimum absolute atomic E-state index is 0.0168. The summed E-state index contributed by atoms with van der Waals surface area (Å²) in [5.41, 5.74) is -1.05. The van der Waals surface area contributed by atoms with Crippen molar-refractivity contribution in [3.63, 3.8) is 0 Å². The van der Waals surface area contributed by atoms with Gasteiger partial charge in [-0.05, 0) is 173 Å². The predicted molar refractivity (Wildman–Crippen MR) is 208 cm³/mol. The maximum absolute atomic E-state index is 12.4. The highest BCUT2D eigenvalue weighted by atomic mass is 16.6. The summed E-state index contributed by atoms with van der Waals surface area (Å²) < 4.78 is 17.5. The van der Waals surface area contributed by atoms with Crippen molar-refractivity contribution in [1.82, 2.24) is 0 Å². The van der Waals surface area contributed by atoms with Crippen LogP contribution in [0.5, 0.6) is 0 Å². The van der Waals surface area contributed by atoms with E-state index in [4.69, 9.17) is 14.2 Å². The van der Waals surface area contributed by atoms with Crippen LogP contribution in [0.1, 0.15) is 199 Å². The van der Waals surface area contributed by atoms with Crippen molar-refractivity contribution >= 4 is 17.9 Å². The van der Waals surface area contributed by atoms with E-state index in [0.717, 1.165) is 75.5 Å². The van der Waals surface area contributed by atoms with Crippen LogP contribution in [0.25, 0.3) is 0 Å². The minimum atomic E-state index is -0.345. The molecular weight excluding hydrogens is 636 g/mol. The van der Waals surface area contributed by atoms with Gasteiger partial charge in [-0.1, -0.05) is 60.8 Å². The highest BCUT2D eigenvalue weighted by molar-refractivity contribution is 5.77. The van der Waals surface area contributed by atoms with Crippen LogP contribution in [0.3, 0.4) is 0 Å². The first-order valence-corrected chi connectivity index (χ1v) is 21.4. The molecular formula is C45H80O6. The number of carbonyl (C=O) groups is 3. The monoisotopic (exact) mass is 717 g/mol. The predicted octanol–water partition coefficient (Wildman–Crippen LogP) is 12.0. The number of ether oxygens (including phenoxy) is 3. The molecule has 0 N–H and O–H groups in total. The summed E-state index contributed by atoms with van der Waals surface area (Å²) in [5, 5.41) is 0. The fourth-order valence-corrected chi connectivity index (χ4v) is 9.14. The number of rotatable bonds is 10. The van der Waals surface area contributed by atoms with Crippen LogP contribution in [0.2, 0.25) is 0 Å². The summed E-state index contributed by atoms with van der Waals surface area (Å²) in [5.74, 6) is 4.34. The van der Waals surface area contributed by atoms with Gasteiger partial charge in [0.15, 0.2) is 0 Å². The molecule has 6 aliphatic rings. The van der Waals surface area contributed by atoms with Crippen molar-refractivity contribution < 1.29 is 28.6 Å². The van der Waals surface area contributed by atoms with Crippen molar-refractivity contribution in [3.05, 3.63) is 0 Å². The standard InChI is InChI=1S/C16H26O2.C16H30O2.C13H24O2/c1-4-15(2,3)14(17)18-16-8-11-5-12(9-16)7-13(6-11)10-16;1-7-16(5,6)15(17)18-14-10-12(4)8-9-13(14)11(2)3;1-4-13(2,3)12(14)15-11-9-7-5-6-8-10-11/h11-13H,4-10H2,1-3H3;11-14H,7-10H2,1-6H3;11H,4-10H2,1-3H3. The molecule has 6 rings (SSSR count). The summed E-state index contributed by atoms with van der Waals surface area (Å²) >= 11 is 0. The van der Waals surface area contributed by atoms with Crippen LogP contribution in [0.4, 0.5) is 0 Å². The lowest BCUT2D eigenvalue weighted by molar-refractivity contribution is -0.196. The Hall–Kier alpha value is -1.59. The van der Waals surface area contributed by atoms with Gasteiger partial charge < -0.3 is 14.2 Å². The normalized spacial score (nSPS) is 31.0. The Morgan fingerprint density at radius 3 is 1.47 bits per heavy atom. The lowest BCUT2D eigenvalue weighted by Crippen LogP contribution is -2.53. The van der Waals surface area contributed by atoms with Gasteiger partial charge in [0.05, 0.1) is 16.2 Å². The van der Waals surface area contributed by atoms with E-state index in [2.05, 4.69) is 27.7 Å². The van der Waals surface area contributed by atoms with Gasteiger partial charge in [0.2, 0.25) is 0 Å². The third-order valence-electron chi connectivity index (χ3n) is 13.9. The SMILES string of the molecule is CCC(C)(C)C(=O)OC12CC3CC(CC(C3)C1)C2.CCC(C)(C)C(=O)OC1CC(C)CCC1C(C)C.CCC(C)(C)C(=O)OC1CCCCCC1. The molecule has 6 nitrogen and oxygen atoms in total. The lowest BCUT2D eigenvalue weighted by atomic mass is 9.54. The summed E-state index contributed by atoms with van der Waals surface area (Å²) in [6.45, 7) is 24.8. The van der Waals surface area contributed by atoms with Crippen LogP contribution in [-0.2, 0) is 28.6 Å². The van der Waals surface area contributed by atoms with Gasteiger partial charge >= 0.3 is 17.9 Å². The highest BCUT2D eigenvalue weighted by Gasteiger charge is 2.54. The summed E-state index contributed by atoms with van der Waals surface area (Å²) in [7, 11) is 0. The molecule has 296 valence electrons. The van der Waals surface area contributed by atoms with Gasteiger partial charge in [-0.25, -0.2) is 0 Å². The first kappa shape index (κ1) is 43.8. The number of hydrogen-bond acceptors (Lipinski definition) is 6. The van der Waals surface area contributed by atoms with Crippen LogP contribution in [-0.4, -0.2) is 35.7 Å². The first-order valence-electron chi connectivity index (χ1n) is 21.4. The van der Waals surface area contributed by atoms with Gasteiger partial charge in [0.25, 0.3) is 0 Å². The van der Waals surface area contributed by atoms with Crippen LogP contribution in [0.15, 0.2) is 0 Å². The van der Waals surface area contributed by atoms with E-state index in [1.807, 2.05) is 55.4 Å². The highest BCUT2D eigenvalue weighted by Crippen LogP contribution is 2.57. The maximum Gasteiger partial charge on any atom is 0.312 e. The topological polar surface area (TPSA) is 78.9 Å². The quantitative estimate of drug-likeness (QED) is 0.127. The summed E-state index contributed by atoms with van der Waals surface area (Å²) in [6.07, 6.45) is 21.1. The summed E-state index contributed by atoms with van der Waals surface area (Å²) in [4.78, 5) is 36.4. The zero-order valence-corrected chi connectivity index (χ0v) is 35.3. The zero-order chi connectivity index (χ0) is 38.2. The fourth-order valence-electron chi connectivity index (χ4n) is 9.14. The second kappa shape index (κ2) is 18.6. The second-order valence-electron chi connectivity index (χ2n) is 20.0. The minimum Gasteiger partial charge on any atom is -0.462 e. The Morgan fingerprint density at radius 1 is 0.608 bits per heavy atom. The van der Waals surface area contributed by atoms with Gasteiger partial charge in [-0.2, -0.15) is 0 Å². The van der Waals surface area contributed by atoms with Gasteiger partial charge in [0.1, 0.15) is 17.8 Å². The van der Waals surface area contributed by atoms with Crippen molar-refractivity contribution in [3.8, 4) is 0 Å². The second-order valence-corrected chi connectivity index (χ2v) is 20.0. The molecule has 0 aromatic rings. The van der Waals surface area contributed by atoms with Crippen molar-refractivity contribution in [2.45, 2.75) is 216 Å². The molecule has 0 aromatic heterocycles. The zero-order valence-electron chi connectivity index (χ0n) is 35.3. The van der Waals surface area contributed by atoms with E-state index >= 15 is 0 Å². The molecule has 0 saturated heterocycles. The molecule has 6 saturated carbocycles. The van der Waals surface area contributed by atoms with Crippen molar-refractivity contribution in [2.75, 3.05) is 0 Å². The van der Waals surface area contributed by atoms with Gasteiger partial charge in [-0.3, -0.25) is 14.4 Å². The van der Waals surface area contributed by atoms with E-state index in [9.17, 15) is 14.4 Å². The molecule has 0 aromatic carbocycles. The van der Waals surface area contributed by atoms with E-state index in [1.54, 1.807) is 0 Å². The van der Waals surface area contributed by atoms with E-state index in [1.165, 1.54) is 57.8 Å². The molecule has 3 atom stereocenters. The van der Waals surface area contributed by atoms with E-state index in [-0.39, 0.29) is 52.0 Å². The third kappa shape index (κ3) is 12.5. The molecule has 6 aliphatic carbocycles. The van der Waals surface area contributed by atoms with E-state index in [0.29, 0.717) is 17.8 Å². The Morgan fingerprint density at radius 2 is 1.04 bits per heavy atom. The molecule has 6 heteroatoms. The van der Waals surface area contributed by atoms with Crippen molar-refractivity contribution in [1.29, 1.82) is 0 Å². The molecule has 3 unspecified atom stereocenters. The molecule has 0 radical (unpaired) electrons.